The first-order chi connectivity index (χ1) is 11.6. The standard InChI is InChI=1S/C24H26/c1-18-9-4-6-11-21(18)15-16-22-13-8-14-24(20(22)3)17-23-12-7-5-10-19(23)2/h4-14H,15-17H2,1-3H3. The maximum atomic E-state index is 2.29. The highest BCUT2D eigenvalue weighted by Crippen LogP contribution is 2.21. The monoisotopic (exact) mass is 314 g/mol. The van der Waals surface area contributed by atoms with E-state index >= 15 is 0 Å². The summed E-state index contributed by atoms with van der Waals surface area (Å²) >= 11 is 0. The summed E-state index contributed by atoms with van der Waals surface area (Å²) in [5.74, 6) is 0. The molecule has 0 radical (unpaired) electrons. The van der Waals surface area contributed by atoms with E-state index in [1.807, 2.05) is 0 Å². The Balaban J connectivity index is 1.78. The van der Waals surface area contributed by atoms with E-state index in [9.17, 15) is 0 Å². The summed E-state index contributed by atoms with van der Waals surface area (Å²) < 4.78 is 0. The smallest absolute Gasteiger partial charge is 0.00204 e. The van der Waals surface area contributed by atoms with Gasteiger partial charge in [0.1, 0.15) is 0 Å². The van der Waals surface area contributed by atoms with Crippen LogP contribution in [-0.4, -0.2) is 0 Å². The Morgan fingerprint density at radius 3 is 1.67 bits per heavy atom. The Labute approximate surface area is 146 Å². The van der Waals surface area contributed by atoms with Gasteiger partial charge in [-0.25, -0.2) is 0 Å². The molecule has 0 unspecified atom stereocenters. The zero-order valence-corrected chi connectivity index (χ0v) is 15.0. The molecule has 0 saturated heterocycles. The minimum atomic E-state index is 1.02. The number of hydrogen-bond donors (Lipinski definition) is 0. The van der Waals surface area contributed by atoms with Crippen molar-refractivity contribution in [1.82, 2.24) is 0 Å². The van der Waals surface area contributed by atoms with Crippen molar-refractivity contribution in [2.75, 3.05) is 0 Å². The molecule has 0 fully saturated rings. The molecule has 122 valence electrons. The van der Waals surface area contributed by atoms with Gasteiger partial charge in [0, 0.05) is 0 Å². The van der Waals surface area contributed by atoms with Crippen molar-refractivity contribution < 1.29 is 0 Å². The van der Waals surface area contributed by atoms with Crippen LogP contribution in [0.2, 0.25) is 0 Å². The summed E-state index contributed by atoms with van der Waals surface area (Å²) in [5, 5.41) is 0. The average Bonchev–Trinajstić information content (AvgIpc) is 2.59. The fourth-order valence-electron chi connectivity index (χ4n) is 3.37. The van der Waals surface area contributed by atoms with E-state index in [0.717, 1.165) is 19.3 Å². The predicted octanol–water partition coefficient (Wildman–Crippen LogP) is 5.99. The molecule has 0 spiro atoms. The lowest BCUT2D eigenvalue weighted by Gasteiger charge is -2.13. The summed E-state index contributed by atoms with van der Waals surface area (Å²) in [6.07, 6.45) is 3.25. The first kappa shape index (κ1) is 16.5. The number of benzene rings is 3. The van der Waals surface area contributed by atoms with Crippen LogP contribution in [0.1, 0.15) is 38.9 Å². The molecule has 0 aliphatic rings. The van der Waals surface area contributed by atoms with Gasteiger partial charge >= 0.3 is 0 Å². The Morgan fingerprint density at radius 1 is 0.500 bits per heavy atom. The van der Waals surface area contributed by atoms with Crippen molar-refractivity contribution in [2.24, 2.45) is 0 Å². The van der Waals surface area contributed by atoms with Crippen molar-refractivity contribution in [2.45, 2.75) is 40.0 Å². The normalized spacial score (nSPS) is 10.8. The van der Waals surface area contributed by atoms with E-state index in [0.29, 0.717) is 0 Å². The zero-order valence-electron chi connectivity index (χ0n) is 15.0. The summed E-state index contributed by atoms with van der Waals surface area (Å²) in [6.45, 7) is 6.68. The van der Waals surface area contributed by atoms with Crippen molar-refractivity contribution in [1.29, 1.82) is 0 Å². The number of aryl methyl sites for hydroxylation is 4. The van der Waals surface area contributed by atoms with Crippen molar-refractivity contribution in [3.63, 3.8) is 0 Å². The maximum absolute atomic E-state index is 2.29. The van der Waals surface area contributed by atoms with E-state index in [1.165, 1.54) is 38.9 Å². The molecule has 0 N–H and O–H groups in total. The van der Waals surface area contributed by atoms with E-state index in [2.05, 4.69) is 87.5 Å². The first-order valence-corrected chi connectivity index (χ1v) is 8.81. The van der Waals surface area contributed by atoms with Gasteiger partial charge in [-0.1, -0.05) is 66.7 Å². The molecule has 0 aromatic heterocycles. The molecular formula is C24H26. The van der Waals surface area contributed by atoms with Crippen LogP contribution in [0, 0.1) is 20.8 Å². The van der Waals surface area contributed by atoms with Gasteiger partial charge in [-0.05, 0) is 79.0 Å². The molecule has 0 heterocycles. The Bertz CT molecular complexity index is 827. The van der Waals surface area contributed by atoms with Crippen LogP contribution in [0.15, 0.2) is 66.7 Å². The molecule has 0 bridgehead atoms. The quantitative estimate of drug-likeness (QED) is 0.543. The maximum Gasteiger partial charge on any atom is -0.00204 e. The molecule has 24 heavy (non-hydrogen) atoms. The van der Waals surface area contributed by atoms with Gasteiger partial charge in [0.25, 0.3) is 0 Å². The largest absolute Gasteiger partial charge is 0.0620 e. The van der Waals surface area contributed by atoms with Crippen molar-refractivity contribution in [3.05, 3.63) is 106 Å². The van der Waals surface area contributed by atoms with Crippen LogP contribution < -0.4 is 0 Å². The lowest BCUT2D eigenvalue weighted by atomic mass is 9.92. The minimum Gasteiger partial charge on any atom is -0.0620 e. The van der Waals surface area contributed by atoms with E-state index in [-0.39, 0.29) is 0 Å². The van der Waals surface area contributed by atoms with Gasteiger partial charge in [0.2, 0.25) is 0 Å². The first-order valence-electron chi connectivity index (χ1n) is 8.81. The number of hydrogen-bond acceptors (Lipinski definition) is 0. The Hall–Kier alpha value is -2.34. The summed E-state index contributed by atoms with van der Waals surface area (Å²) in [5.41, 5.74) is 10.0. The fourth-order valence-corrected chi connectivity index (χ4v) is 3.37. The van der Waals surface area contributed by atoms with Crippen LogP contribution in [0.5, 0.6) is 0 Å². The van der Waals surface area contributed by atoms with Crippen LogP contribution in [0.25, 0.3) is 0 Å². The molecule has 3 aromatic rings. The van der Waals surface area contributed by atoms with Gasteiger partial charge in [0.05, 0.1) is 0 Å². The predicted molar refractivity (Wildman–Crippen MR) is 104 cm³/mol. The average molecular weight is 314 g/mol. The zero-order chi connectivity index (χ0) is 16.9. The molecular weight excluding hydrogens is 288 g/mol. The second-order valence-electron chi connectivity index (χ2n) is 6.73. The van der Waals surface area contributed by atoms with Gasteiger partial charge in [0.15, 0.2) is 0 Å². The van der Waals surface area contributed by atoms with Crippen LogP contribution in [0.4, 0.5) is 0 Å². The lowest BCUT2D eigenvalue weighted by Crippen LogP contribution is -2.00. The molecule has 0 heteroatoms. The van der Waals surface area contributed by atoms with Crippen molar-refractivity contribution in [3.8, 4) is 0 Å². The van der Waals surface area contributed by atoms with Crippen molar-refractivity contribution >= 4 is 0 Å². The summed E-state index contributed by atoms with van der Waals surface area (Å²) in [6, 6.07) is 24.2. The SMILES string of the molecule is Cc1ccccc1CCc1cccc(Cc2ccccc2C)c1C. The Kier molecular flexibility index (Phi) is 5.15. The van der Waals surface area contributed by atoms with E-state index in [4.69, 9.17) is 0 Å². The third-order valence-corrected chi connectivity index (χ3v) is 5.13. The van der Waals surface area contributed by atoms with Crippen LogP contribution in [-0.2, 0) is 19.3 Å². The van der Waals surface area contributed by atoms with Gasteiger partial charge < -0.3 is 0 Å². The highest BCUT2D eigenvalue weighted by Gasteiger charge is 2.07. The summed E-state index contributed by atoms with van der Waals surface area (Å²) in [7, 11) is 0. The second-order valence-corrected chi connectivity index (χ2v) is 6.73. The van der Waals surface area contributed by atoms with Crippen LogP contribution >= 0.6 is 0 Å². The third-order valence-electron chi connectivity index (χ3n) is 5.13. The molecule has 3 aromatic carbocycles. The molecule has 0 aliphatic carbocycles. The van der Waals surface area contributed by atoms with Gasteiger partial charge in [-0.15, -0.1) is 0 Å². The molecule has 0 atom stereocenters. The highest BCUT2D eigenvalue weighted by molar-refractivity contribution is 5.40. The summed E-state index contributed by atoms with van der Waals surface area (Å²) in [4.78, 5) is 0. The van der Waals surface area contributed by atoms with E-state index < -0.39 is 0 Å². The van der Waals surface area contributed by atoms with Crippen LogP contribution in [0.3, 0.4) is 0 Å². The molecule has 0 aliphatic heterocycles. The van der Waals surface area contributed by atoms with Gasteiger partial charge in [-0.3, -0.25) is 0 Å². The Morgan fingerprint density at radius 2 is 1.00 bits per heavy atom. The lowest BCUT2D eigenvalue weighted by molar-refractivity contribution is 0.931. The highest BCUT2D eigenvalue weighted by atomic mass is 14.1. The third kappa shape index (κ3) is 3.76. The fraction of sp³-hybridized carbons (Fsp3) is 0.250. The van der Waals surface area contributed by atoms with Gasteiger partial charge in [-0.2, -0.15) is 0 Å². The molecule has 0 saturated carbocycles. The number of rotatable bonds is 5. The minimum absolute atomic E-state index is 1.02. The topological polar surface area (TPSA) is 0 Å². The second kappa shape index (κ2) is 7.49. The van der Waals surface area contributed by atoms with E-state index in [1.54, 1.807) is 0 Å². The molecule has 3 rings (SSSR count). The molecule has 0 nitrogen and oxygen atoms in total. The molecule has 0 amide bonds.